The lowest BCUT2D eigenvalue weighted by molar-refractivity contribution is 0.0993. The molecule has 2 unspecified atom stereocenters. The topological polar surface area (TPSA) is 60.2 Å². The molecule has 0 amide bonds. The molecule has 2 atom stereocenters. The number of aliphatic hydroxyl groups excluding tert-OH is 1. The van der Waals surface area contributed by atoms with E-state index in [1.807, 2.05) is 13.1 Å². The van der Waals surface area contributed by atoms with Gasteiger partial charge in [-0.3, -0.25) is 4.68 Å². The molecule has 1 aromatic rings. The van der Waals surface area contributed by atoms with Gasteiger partial charge in [-0.25, -0.2) is 0 Å². The van der Waals surface area contributed by atoms with Gasteiger partial charge in [-0.1, -0.05) is 12.1 Å². The molecule has 5 heteroatoms. The fourth-order valence-corrected chi connectivity index (χ4v) is 1.93. The third kappa shape index (κ3) is 2.80. The Hall–Kier alpha value is -0.940. The second-order valence-electron chi connectivity index (χ2n) is 4.25. The van der Waals surface area contributed by atoms with Gasteiger partial charge in [0.2, 0.25) is 0 Å². The van der Waals surface area contributed by atoms with E-state index in [2.05, 4.69) is 10.3 Å². The van der Waals surface area contributed by atoms with E-state index in [0.29, 0.717) is 18.2 Å². The molecule has 1 saturated heterocycles. The van der Waals surface area contributed by atoms with E-state index in [1.165, 1.54) is 6.42 Å². The number of rotatable bonds is 5. The van der Waals surface area contributed by atoms with Crippen LogP contribution in [0, 0.1) is 0 Å². The Bertz CT molecular complexity index is 321. The summed E-state index contributed by atoms with van der Waals surface area (Å²) in [5.41, 5.74) is 0.662. The van der Waals surface area contributed by atoms with Crippen molar-refractivity contribution in [3.05, 3.63) is 11.9 Å². The normalized spacial score (nSPS) is 22.5. The minimum absolute atomic E-state index is 0.378. The second-order valence-corrected chi connectivity index (χ2v) is 4.25. The highest BCUT2D eigenvalue weighted by atomic mass is 16.5. The third-order valence-electron chi connectivity index (χ3n) is 2.99. The molecule has 0 saturated carbocycles. The van der Waals surface area contributed by atoms with Crippen LogP contribution in [-0.4, -0.2) is 32.8 Å². The summed E-state index contributed by atoms with van der Waals surface area (Å²) in [6.45, 7) is 3.63. The van der Waals surface area contributed by atoms with Crippen LogP contribution in [0.3, 0.4) is 0 Å². The molecule has 1 fully saturated rings. The van der Waals surface area contributed by atoms with E-state index in [4.69, 9.17) is 4.74 Å². The average Bonchev–Trinajstić information content (AvgIpc) is 2.96. The van der Waals surface area contributed by atoms with Crippen molar-refractivity contribution in [2.75, 3.05) is 6.61 Å². The maximum atomic E-state index is 9.58. The highest BCUT2D eigenvalue weighted by molar-refractivity contribution is 4.96. The van der Waals surface area contributed by atoms with Crippen LogP contribution in [0.4, 0.5) is 0 Å². The largest absolute Gasteiger partial charge is 0.387 e. The summed E-state index contributed by atoms with van der Waals surface area (Å²) >= 11 is 0. The van der Waals surface area contributed by atoms with Crippen molar-refractivity contribution in [2.24, 2.45) is 0 Å². The van der Waals surface area contributed by atoms with Gasteiger partial charge in [-0.2, -0.15) is 0 Å². The Morgan fingerprint density at radius 1 is 1.69 bits per heavy atom. The van der Waals surface area contributed by atoms with Gasteiger partial charge in [0.25, 0.3) is 0 Å². The van der Waals surface area contributed by atoms with Gasteiger partial charge < -0.3 is 9.84 Å². The molecule has 5 nitrogen and oxygen atoms in total. The van der Waals surface area contributed by atoms with E-state index in [0.717, 1.165) is 26.0 Å². The summed E-state index contributed by atoms with van der Waals surface area (Å²) < 4.78 is 7.33. The molecule has 1 N–H and O–H groups in total. The smallest absolute Gasteiger partial charge is 0.111 e. The molecule has 16 heavy (non-hydrogen) atoms. The van der Waals surface area contributed by atoms with Crippen molar-refractivity contribution >= 4 is 0 Å². The first-order valence-electron chi connectivity index (χ1n) is 5.99. The van der Waals surface area contributed by atoms with Gasteiger partial charge >= 0.3 is 0 Å². The maximum absolute atomic E-state index is 9.58. The lowest BCUT2D eigenvalue weighted by Crippen LogP contribution is -2.10. The zero-order valence-electron chi connectivity index (χ0n) is 9.67. The SMILES string of the molecule is CCC(O)c1cn(CCC2CCCO2)nn1. The molecule has 1 aromatic heterocycles. The predicted molar refractivity (Wildman–Crippen MR) is 58.9 cm³/mol. The number of aryl methyl sites for hydroxylation is 1. The van der Waals surface area contributed by atoms with Crippen LogP contribution in [0.15, 0.2) is 6.20 Å². The summed E-state index contributed by atoms with van der Waals surface area (Å²) in [4.78, 5) is 0. The standard InChI is InChI=1S/C11H19N3O2/c1-2-11(15)10-8-14(13-12-10)6-5-9-4-3-7-16-9/h8-9,11,15H,2-7H2,1H3. The molecule has 0 aliphatic carbocycles. The van der Waals surface area contributed by atoms with E-state index >= 15 is 0 Å². The Balaban J connectivity index is 1.82. The lowest BCUT2D eigenvalue weighted by Gasteiger charge is -2.07. The molecule has 2 heterocycles. The van der Waals surface area contributed by atoms with E-state index in [1.54, 1.807) is 4.68 Å². The van der Waals surface area contributed by atoms with Crippen molar-refractivity contribution in [3.63, 3.8) is 0 Å². The van der Waals surface area contributed by atoms with Gasteiger partial charge in [-0.05, 0) is 25.7 Å². The van der Waals surface area contributed by atoms with Gasteiger partial charge in [0, 0.05) is 13.2 Å². The Morgan fingerprint density at radius 2 is 2.56 bits per heavy atom. The van der Waals surface area contributed by atoms with Crippen LogP contribution in [0.5, 0.6) is 0 Å². The van der Waals surface area contributed by atoms with Gasteiger partial charge in [0.05, 0.1) is 18.4 Å². The van der Waals surface area contributed by atoms with Crippen LogP contribution >= 0.6 is 0 Å². The minimum Gasteiger partial charge on any atom is -0.387 e. The first-order valence-corrected chi connectivity index (χ1v) is 5.99. The van der Waals surface area contributed by atoms with Gasteiger partial charge in [-0.15, -0.1) is 5.10 Å². The molecule has 1 aliphatic rings. The summed E-state index contributed by atoms with van der Waals surface area (Å²) in [5.74, 6) is 0. The van der Waals surface area contributed by atoms with E-state index in [-0.39, 0.29) is 0 Å². The number of ether oxygens (including phenoxy) is 1. The first kappa shape index (κ1) is 11.5. The van der Waals surface area contributed by atoms with Crippen molar-refractivity contribution in [1.82, 2.24) is 15.0 Å². The first-order chi connectivity index (χ1) is 7.79. The molecule has 90 valence electrons. The zero-order valence-corrected chi connectivity index (χ0v) is 9.67. The highest BCUT2D eigenvalue weighted by Gasteiger charge is 2.16. The third-order valence-corrected chi connectivity index (χ3v) is 2.99. The van der Waals surface area contributed by atoms with Crippen LogP contribution in [0.2, 0.25) is 0 Å². The molecule has 2 rings (SSSR count). The zero-order chi connectivity index (χ0) is 11.4. The van der Waals surface area contributed by atoms with Crippen molar-refractivity contribution in [1.29, 1.82) is 0 Å². The number of nitrogens with zero attached hydrogens (tertiary/aromatic N) is 3. The van der Waals surface area contributed by atoms with Gasteiger partial charge in [0.15, 0.2) is 0 Å². The highest BCUT2D eigenvalue weighted by Crippen LogP contribution is 2.16. The average molecular weight is 225 g/mol. The molecule has 0 aromatic carbocycles. The molecule has 0 radical (unpaired) electrons. The van der Waals surface area contributed by atoms with Crippen LogP contribution in [-0.2, 0) is 11.3 Å². The summed E-state index contributed by atoms with van der Waals surface area (Å²) in [6, 6.07) is 0. The fraction of sp³-hybridized carbons (Fsp3) is 0.818. The molecular weight excluding hydrogens is 206 g/mol. The van der Waals surface area contributed by atoms with Gasteiger partial charge in [0.1, 0.15) is 5.69 Å². The number of hydrogen-bond donors (Lipinski definition) is 1. The van der Waals surface area contributed by atoms with Crippen LogP contribution in [0.1, 0.15) is 44.4 Å². The summed E-state index contributed by atoms with van der Waals surface area (Å²) in [7, 11) is 0. The molecule has 0 bridgehead atoms. The quantitative estimate of drug-likeness (QED) is 0.820. The fourth-order valence-electron chi connectivity index (χ4n) is 1.93. The number of hydrogen-bond acceptors (Lipinski definition) is 4. The second kappa shape index (κ2) is 5.41. The van der Waals surface area contributed by atoms with E-state index < -0.39 is 6.10 Å². The van der Waals surface area contributed by atoms with Crippen molar-refractivity contribution < 1.29 is 9.84 Å². The summed E-state index contributed by atoms with van der Waals surface area (Å²) in [6.07, 6.45) is 5.68. The number of aromatic nitrogens is 3. The molecule has 0 spiro atoms. The Kier molecular flexibility index (Phi) is 3.90. The number of aliphatic hydroxyl groups is 1. The minimum atomic E-state index is -0.489. The van der Waals surface area contributed by atoms with Crippen molar-refractivity contribution in [3.8, 4) is 0 Å². The Labute approximate surface area is 95.4 Å². The van der Waals surface area contributed by atoms with Crippen molar-refractivity contribution in [2.45, 2.75) is 51.4 Å². The summed E-state index contributed by atoms with van der Waals surface area (Å²) in [5, 5.41) is 17.5. The monoisotopic (exact) mass is 225 g/mol. The van der Waals surface area contributed by atoms with Crippen LogP contribution in [0.25, 0.3) is 0 Å². The molecule has 1 aliphatic heterocycles. The predicted octanol–water partition coefficient (Wildman–Crippen LogP) is 1.29. The lowest BCUT2D eigenvalue weighted by atomic mass is 10.2. The van der Waals surface area contributed by atoms with Crippen LogP contribution < -0.4 is 0 Å². The Morgan fingerprint density at radius 3 is 3.25 bits per heavy atom. The maximum Gasteiger partial charge on any atom is 0.111 e. The molecular formula is C11H19N3O2. The van der Waals surface area contributed by atoms with E-state index in [9.17, 15) is 5.11 Å².